The Labute approximate surface area is 177 Å². The van der Waals surface area contributed by atoms with E-state index in [4.69, 9.17) is 9.47 Å². The van der Waals surface area contributed by atoms with E-state index in [1.807, 2.05) is 42.5 Å². The predicted molar refractivity (Wildman–Crippen MR) is 120 cm³/mol. The van der Waals surface area contributed by atoms with Gasteiger partial charge in [0.15, 0.2) is 0 Å². The molecule has 0 fully saturated rings. The zero-order valence-corrected chi connectivity index (χ0v) is 17.4. The summed E-state index contributed by atoms with van der Waals surface area (Å²) < 4.78 is 10.5. The second-order valence-electron chi connectivity index (χ2n) is 7.35. The van der Waals surface area contributed by atoms with Crippen molar-refractivity contribution in [3.05, 3.63) is 102 Å². The minimum atomic E-state index is -0.523. The Hall–Kier alpha value is -3.59. The molecule has 0 aromatic heterocycles. The predicted octanol–water partition coefficient (Wildman–Crippen LogP) is 6.08. The molecule has 2 aliphatic carbocycles. The Morgan fingerprint density at radius 2 is 1.43 bits per heavy atom. The first kappa shape index (κ1) is 19.7. The van der Waals surface area contributed by atoms with Crippen molar-refractivity contribution in [2.24, 2.45) is 0 Å². The van der Waals surface area contributed by atoms with E-state index in [0.717, 1.165) is 39.1 Å². The molecule has 2 aliphatic rings. The maximum atomic E-state index is 12.9. The van der Waals surface area contributed by atoms with Gasteiger partial charge < -0.3 is 9.47 Å². The van der Waals surface area contributed by atoms with Crippen molar-refractivity contribution in [1.82, 2.24) is 0 Å². The minimum absolute atomic E-state index is 0.283. The molecule has 0 radical (unpaired) electrons. The van der Waals surface area contributed by atoms with E-state index in [-0.39, 0.29) is 5.97 Å². The molecule has 4 rings (SSSR count). The summed E-state index contributed by atoms with van der Waals surface area (Å²) in [6.45, 7) is 2.08. The number of ether oxygens (including phenoxy) is 2. The number of fused-ring (bicyclic) bond motifs is 1. The average molecular weight is 396 g/mol. The molecular weight excluding hydrogens is 372 g/mol. The summed E-state index contributed by atoms with van der Waals surface area (Å²) >= 11 is 0. The molecule has 1 unspecified atom stereocenters. The summed E-state index contributed by atoms with van der Waals surface area (Å²) in [5.41, 5.74) is 7.42. The summed E-state index contributed by atoms with van der Waals surface area (Å²) in [4.78, 5) is 12.9. The third kappa shape index (κ3) is 3.67. The quantitative estimate of drug-likeness (QED) is 0.384. The Balaban J connectivity index is 1.92. The monoisotopic (exact) mass is 396 g/mol. The van der Waals surface area contributed by atoms with Crippen molar-refractivity contribution >= 4 is 5.97 Å². The molecule has 0 bridgehead atoms. The van der Waals surface area contributed by atoms with Gasteiger partial charge in [-0.15, -0.1) is 0 Å². The first-order valence-corrected chi connectivity index (χ1v) is 9.93. The van der Waals surface area contributed by atoms with E-state index < -0.39 is 5.92 Å². The summed E-state index contributed by atoms with van der Waals surface area (Å²) in [6, 6.07) is 28.4. The lowest BCUT2D eigenvalue weighted by molar-refractivity contribution is -0.141. The minimum Gasteiger partial charge on any atom is -0.497 e. The molecule has 0 aliphatic heterocycles. The molecule has 0 N–H and O–H groups in total. The van der Waals surface area contributed by atoms with Gasteiger partial charge in [-0.1, -0.05) is 72.3 Å². The Bertz CT molecular complexity index is 1130. The van der Waals surface area contributed by atoms with Gasteiger partial charge in [-0.3, -0.25) is 4.79 Å². The molecule has 150 valence electrons. The van der Waals surface area contributed by atoms with Crippen LogP contribution in [-0.4, -0.2) is 20.2 Å². The number of rotatable bonds is 5. The fourth-order valence-electron chi connectivity index (χ4n) is 3.91. The molecule has 0 amide bonds. The van der Waals surface area contributed by atoms with Gasteiger partial charge in [0.05, 0.1) is 14.2 Å². The van der Waals surface area contributed by atoms with E-state index in [2.05, 4.69) is 49.4 Å². The van der Waals surface area contributed by atoms with Gasteiger partial charge >= 0.3 is 5.97 Å². The number of esters is 1. The van der Waals surface area contributed by atoms with Crippen molar-refractivity contribution in [3.8, 4) is 28.0 Å². The fraction of sp³-hybridized carbons (Fsp3) is 0.148. The first-order chi connectivity index (χ1) is 14.6. The second-order valence-corrected chi connectivity index (χ2v) is 7.35. The van der Waals surface area contributed by atoms with Gasteiger partial charge in [-0.25, -0.2) is 0 Å². The van der Waals surface area contributed by atoms with Gasteiger partial charge in [0, 0.05) is 0 Å². The van der Waals surface area contributed by atoms with Gasteiger partial charge in [-0.2, -0.15) is 0 Å². The van der Waals surface area contributed by atoms with Crippen LogP contribution in [0.4, 0.5) is 0 Å². The van der Waals surface area contributed by atoms with Crippen molar-refractivity contribution in [1.29, 1.82) is 0 Å². The van der Waals surface area contributed by atoms with Gasteiger partial charge in [0.25, 0.3) is 0 Å². The normalized spacial score (nSPS) is 11.8. The van der Waals surface area contributed by atoms with Crippen molar-refractivity contribution in [2.45, 2.75) is 12.8 Å². The molecule has 2 aromatic carbocycles. The van der Waals surface area contributed by atoms with Crippen LogP contribution >= 0.6 is 0 Å². The first-order valence-electron chi connectivity index (χ1n) is 9.93. The molecule has 3 heteroatoms. The molecule has 30 heavy (non-hydrogen) atoms. The van der Waals surface area contributed by atoms with Crippen LogP contribution in [0.3, 0.4) is 0 Å². The lowest BCUT2D eigenvalue weighted by Gasteiger charge is -2.16. The van der Waals surface area contributed by atoms with Crippen LogP contribution in [0.1, 0.15) is 22.6 Å². The van der Waals surface area contributed by atoms with Crippen LogP contribution in [0.2, 0.25) is 0 Å². The van der Waals surface area contributed by atoms with E-state index in [1.54, 1.807) is 7.11 Å². The van der Waals surface area contributed by atoms with Crippen molar-refractivity contribution in [2.75, 3.05) is 14.2 Å². The molecule has 0 saturated carbocycles. The standard InChI is InChI=1S/C27H24O3/c1-18-9-11-19(12-10-18)24-17-25(23-8-6-4-5-7-22(23)24)26(27(28)30-3)20-13-15-21(29-2)16-14-20/h4-17,26H,1-3H3. The number of benzene rings is 2. The Kier molecular flexibility index (Phi) is 5.53. The third-order valence-corrected chi connectivity index (χ3v) is 5.50. The van der Waals surface area contributed by atoms with Crippen LogP contribution in [0, 0.1) is 6.92 Å². The van der Waals surface area contributed by atoms with Crippen molar-refractivity contribution < 1.29 is 14.3 Å². The van der Waals surface area contributed by atoms with Gasteiger partial charge in [-0.05, 0) is 58.5 Å². The number of aryl methyl sites for hydroxylation is 1. The zero-order chi connectivity index (χ0) is 21.1. The number of carbonyl (C=O) groups excluding carboxylic acids is 1. The highest BCUT2D eigenvalue weighted by Gasteiger charge is 2.29. The lowest BCUT2D eigenvalue weighted by Crippen LogP contribution is -2.15. The number of carbonyl (C=O) groups is 1. The molecule has 0 saturated heterocycles. The van der Waals surface area contributed by atoms with Crippen LogP contribution < -0.4 is 4.74 Å². The number of hydrogen-bond donors (Lipinski definition) is 0. The number of methoxy groups -OCH3 is 2. The molecule has 3 nitrogen and oxygen atoms in total. The van der Waals surface area contributed by atoms with Crippen LogP contribution in [0.25, 0.3) is 22.3 Å². The van der Waals surface area contributed by atoms with Gasteiger partial charge in [0.1, 0.15) is 11.7 Å². The smallest absolute Gasteiger partial charge is 0.317 e. The van der Waals surface area contributed by atoms with Crippen LogP contribution in [0.5, 0.6) is 5.75 Å². The van der Waals surface area contributed by atoms with E-state index in [9.17, 15) is 4.79 Å². The summed E-state index contributed by atoms with van der Waals surface area (Å²) in [5, 5.41) is 0. The summed E-state index contributed by atoms with van der Waals surface area (Å²) in [6.07, 6.45) is 0. The SMILES string of the molecule is COC(=O)C(c1ccc(OC)cc1)c1cc(-c2ccc(C)cc2)c2cccccc1-2. The molecule has 0 heterocycles. The zero-order valence-electron chi connectivity index (χ0n) is 17.4. The van der Waals surface area contributed by atoms with E-state index in [0.29, 0.717) is 0 Å². The second kappa shape index (κ2) is 8.42. The number of hydrogen-bond acceptors (Lipinski definition) is 3. The van der Waals surface area contributed by atoms with Crippen LogP contribution in [-0.2, 0) is 9.53 Å². The maximum Gasteiger partial charge on any atom is 0.317 e. The van der Waals surface area contributed by atoms with E-state index in [1.165, 1.54) is 12.7 Å². The molecule has 2 aromatic rings. The fourth-order valence-corrected chi connectivity index (χ4v) is 3.91. The summed E-state index contributed by atoms with van der Waals surface area (Å²) in [7, 11) is 3.07. The lowest BCUT2D eigenvalue weighted by atomic mass is 9.90. The third-order valence-electron chi connectivity index (χ3n) is 5.50. The van der Waals surface area contributed by atoms with Crippen molar-refractivity contribution in [3.63, 3.8) is 0 Å². The molecule has 1 atom stereocenters. The molecule has 0 spiro atoms. The van der Waals surface area contributed by atoms with Crippen LogP contribution in [0.15, 0.2) is 84.9 Å². The maximum absolute atomic E-state index is 12.9. The highest BCUT2D eigenvalue weighted by atomic mass is 16.5. The molecular formula is C27H24O3. The topological polar surface area (TPSA) is 35.5 Å². The average Bonchev–Trinajstić information content (AvgIpc) is 2.96. The highest BCUT2D eigenvalue weighted by Crippen LogP contribution is 2.43. The Morgan fingerprint density at radius 1 is 0.767 bits per heavy atom. The Morgan fingerprint density at radius 3 is 2.07 bits per heavy atom. The van der Waals surface area contributed by atoms with E-state index >= 15 is 0 Å². The summed E-state index contributed by atoms with van der Waals surface area (Å²) in [5.74, 6) is -0.0551. The highest BCUT2D eigenvalue weighted by molar-refractivity contribution is 5.94. The largest absolute Gasteiger partial charge is 0.497 e. The van der Waals surface area contributed by atoms with Gasteiger partial charge in [0.2, 0.25) is 0 Å².